The van der Waals surface area contributed by atoms with Gasteiger partial charge in [-0.3, -0.25) is 4.98 Å². The number of carbonyl (C=O) groups excluding carboxylic acids is 1. The number of hydrogen-bond acceptors (Lipinski definition) is 4. The van der Waals surface area contributed by atoms with E-state index in [1.807, 2.05) is 12.1 Å². The van der Waals surface area contributed by atoms with Crippen LogP contribution in [-0.4, -0.2) is 28.6 Å². The van der Waals surface area contributed by atoms with Crippen LogP contribution in [-0.2, 0) is 16.9 Å². The normalized spacial score (nSPS) is 16.4. The summed E-state index contributed by atoms with van der Waals surface area (Å²) in [5, 5.41) is 1.11. The van der Waals surface area contributed by atoms with Gasteiger partial charge in [-0.05, 0) is 69.0 Å². The number of unbranched alkanes of at least 4 members (excludes halogenated alkanes) is 3. The minimum Gasteiger partial charge on any atom is -0.439 e. The number of fused-ring (bicyclic) bond motifs is 2. The number of hydrogen-bond donors (Lipinski definition) is 0. The van der Waals surface area contributed by atoms with Crippen LogP contribution in [0, 0.1) is 13.8 Å². The fourth-order valence-electron chi connectivity index (χ4n) is 6.37. The summed E-state index contributed by atoms with van der Waals surface area (Å²) < 4.78 is 8.98. The van der Waals surface area contributed by atoms with Gasteiger partial charge in [-0.25, -0.2) is 4.79 Å². The van der Waals surface area contributed by atoms with E-state index in [4.69, 9.17) is 9.72 Å². The Morgan fingerprint density at radius 3 is 2.33 bits per heavy atom. The summed E-state index contributed by atoms with van der Waals surface area (Å²) >= 11 is 0. The van der Waals surface area contributed by atoms with E-state index in [0.29, 0.717) is 11.3 Å². The monoisotopic (exact) mass is 537 g/mol. The molecule has 2 aromatic heterocycles. The van der Waals surface area contributed by atoms with Crippen LogP contribution < -0.4 is 4.90 Å². The molecular weight excluding hydrogens is 494 g/mol. The van der Waals surface area contributed by atoms with E-state index >= 15 is 0 Å². The molecule has 0 aliphatic carbocycles. The molecule has 0 saturated heterocycles. The molecule has 40 heavy (non-hydrogen) atoms. The predicted octanol–water partition coefficient (Wildman–Crippen LogP) is 8.32. The van der Waals surface area contributed by atoms with Crippen molar-refractivity contribution in [3.05, 3.63) is 94.4 Å². The molecule has 210 valence electrons. The topological polar surface area (TPSA) is 47.4 Å². The lowest BCUT2D eigenvalue weighted by atomic mass is 9.79. The number of anilines is 1. The zero-order valence-corrected chi connectivity index (χ0v) is 24.8. The quantitative estimate of drug-likeness (QED) is 0.170. The average molecular weight is 538 g/mol. The molecule has 0 saturated carbocycles. The molecule has 1 atom stereocenters. The Labute approximate surface area is 239 Å². The van der Waals surface area contributed by atoms with Gasteiger partial charge < -0.3 is 14.2 Å². The van der Waals surface area contributed by atoms with Crippen molar-refractivity contribution in [3.8, 4) is 0 Å². The van der Waals surface area contributed by atoms with E-state index in [1.54, 1.807) is 6.20 Å². The van der Waals surface area contributed by atoms with Gasteiger partial charge in [-0.1, -0.05) is 64.3 Å². The number of pyridine rings is 1. The molecule has 0 spiro atoms. The summed E-state index contributed by atoms with van der Waals surface area (Å²) in [4.78, 5) is 20.9. The van der Waals surface area contributed by atoms with Gasteiger partial charge in [0.05, 0.1) is 5.56 Å². The zero-order valence-electron chi connectivity index (χ0n) is 24.8. The van der Waals surface area contributed by atoms with Crippen LogP contribution in [0.2, 0.25) is 0 Å². The highest BCUT2D eigenvalue weighted by Crippen LogP contribution is 2.51. The van der Waals surface area contributed by atoms with Crippen LogP contribution in [0.3, 0.4) is 0 Å². The molecule has 4 aromatic rings. The Morgan fingerprint density at radius 2 is 1.62 bits per heavy atom. The SMILES string of the molecule is CCCCN(CCCC)c1ccc(C2(c3c(C)n(CCCC)c4ccccc34)OC(=O)c3cccnc32)c(C)c1. The fourth-order valence-corrected chi connectivity index (χ4v) is 6.37. The molecule has 0 fully saturated rings. The third kappa shape index (κ3) is 4.70. The van der Waals surface area contributed by atoms with Gasteiger partial charge in [0.25, 0.3) is 0 Å². The van der Waals surface area contributed by atoms with Crippen LogP contribution in [0.25, 0.3) is 10.9 Å². The van der Waals surface area contributed by atoms with E-state index in [1.165, 1.54) is 36.9 Å². The lowest BCUT2D eigenvalue weighted by Crippen LogP contribution is -2.32. The molecule has 0 bridgehead atoms. The lowest BCUT2D eigenvalue weighted by molar-refractivity contribution is 0.0244. The molecule has 5 nitrogen and oxygen atoms in total. The Bertz CT molecular complexity index is 1500. The summed E-state index contributed by atoms with van der Waals surface area (Å²) in [6.45, 7) is 14.0. The Kier molecular flexibility index (Phi) is 8.30. The molecular formula is C35H43N3O2. The standard InChI is InChI=1S/C35H43N3O2/c1-6-9-21-37(22-10-7-2)27-18-19-30(25(4)24-27)35(33-29(34(39)40-35)16-14-20-36-33)32-26(5)38(23-11-8-3)31-17-13-12-15-28(31)32/h12-20,24H,6-11,21-23H2,1-5H3. The van der Waals surface area contributed by atoms with Gasteiger partial charge in [0.2, 0.25) is 5.60 Å². The number of nitrogens with zero attached hydrogens (tertiary/aromatic N) is 3. The summed E-state index contributed by atoms with van der Waals surface area (Å²) in [7, 11) is 0. The molecule has 5 heteroatoms. The van der Waals surface area contributed by atoms with E-state index in [-0.39, 0.29) is 5.97 Å². The van der Waals surface area contributed by atoms with Crippen LogP contribution in [0.1, 0.15) is 97.7 Å². The summed E-state index contributed by atoms with van der Waals surface area (Å²) in [6.07, 6.45) is 8.64. The van der Waals surface area contributed by atoms with Crippen molar-refractivity contribution in [2.75, 3.05) is 18.0 Å². The van der Waals surface area contributed by atoms with Gasteiger partial charge in [0, 0.05) is 59.2 Å². The van der Waals surface area contributed by atoms with E-state index < -0.39 is 5.60 Å². The van der Waals surface area contributed by atoms with Gasteiger partial charge in [-0.2, -0.15) is 0 Å². The van der Waals surface area contributed by atoms with Crippen molar-refractivity contribution in [1.29, 1.82) is 0 Å². The Hall–Kier alpha value is -3.60. The van der Waals surface area contributed by atoms with Gasteiger partial charge >= 0.3 is 5.97 Å². The number of carbonyl (C=O) groups is 1. The first kappa shape index (κ1) is 27.9. The van der Waals surface area contributed by atoms with Crippen molar-refractivity contribution in [1.82, 2.24) is 9.55 Å². The largest absolute Gasteiger partial charge is 0.439 e. The second kappa shape index (κ2) is 11.9. The number of aromatic nitrogens is 2. The summed E-state index contributed by atoms with van der Waals surface area (Å²) in [6, 6.07) is 18.9. The van der Waals surface area contributed by atoms with E-state index in [0.717, 1.165) is 60.2 Å². The third-order valence-electron chi connectivity index (χ3n) is 8.44. The molecule has 1 unspecified atom stereocenters. The molecule has 3 heterocycles. The Morgan fingerprint density at radius 1 is 0.900 bits per heavy atom. The number of para-hydroxylation sites is 1. The predicted molar refractivity (Wildman–Crippen MR) is 164 cm³/mol. The fraction of sp³-hybridized carbons (Fsp3) is 0.429. The minimum atomic E-state index is -1.12. The first-order valence-corrected chi connectivity index (χ1v) is 15.1. The maximum atomic E-state index is 13.5. The molecule has 2 aromatic carbocycles. The molecule has 1 aliphatic rings. The van der Waals surface area contributed by atoms with Crippen LogP contribution >= 0.6 is 0 Å². The first-order chi connectivity index (χ1) is 19.5. The minimum absolute atomic E-state index is 0.316. The molecule has 5 rings (SSSR count). The zero-order chi connectivity index (χ0) is 28.3. The van der Waals surface area contributed by atoms with Crippen molar-refractivity contribution in [2.24, 2.45) is 0 Å². The van der Waals surface area contributed by atoms with Crippen molar-refractivity contribution in [2.45, 2.75) is 85.3 Å². The number of ether oxygens (including phenoxy) is 1. The summed E-state index contributed by atoms with van der Waals surface area (Å²) in [5.74, 6) is -0.316. The number of aryl methyl sites for hydroxylation is 2. The van der Waals surface area contributed by atoms with Crippen molar-refractivity contribution in [3.63, 3.8) is 0 Å². The molecule has 0 amide bonds. The number of esters is 1. The molecule has 1 aliphatic heterocycles. The third-order valence-corrected chi connectivity index (χ3v) is 8.44. The highest BCUT2D eigenvalue weighted by atomic mass is 16.6. The number of cyclic esters (lactones) is 1. The van der Waals surface area contributed by atoms with Gasteiger partial charge in [0.15, 0.2) is 0 Å². The van der Waals surface area contributed by atoms with Crippen molar-refractivity contribution >= 4 is 22.6 Å². The van der Waals surface area contributed by atoms with Gasteiger partial charge in [-0.15, -0.1) is 0 Å². The maximum absolute atomic E-state index is 13.5. The second-order valence-electron chi connectivity index (χ2n) is 11.1. The lowest BCUT2D eigenvalue weighted by Gasteiger charge is -2.32. The molecule has 0 N–H and O–H groups in total. The molecule has 0 radical (unpaired) electrons. The second-order valence-corrected chi connectivity index (χ2v) is 11.1. The summed E-state index contributed by atoms with van der Waals surface area (Å²) in [5.41, 5.74) is 6.74. The average Bonchev–Trinajstić information content (AvgIpc) is 3.42. The van der Waals surface area contributed by atoms with Crippen LogP contribution in [0.4, 0.5) is 5.69 Å². The van der Waals surface area contributed by atoms with Crippen LogP contribution in [0.5, 0.6) is 0 Å². The van der Waals surface area contributed by atoms with Crippen LogP contribution in [0.15, 0.2) is 60.8 Å². The smallest absolute Gasteiger partial charge is 0.341 e. The van der Waals surface area contributed by atoms with Crippen molar-refractivity contribution < 1.29 is 9.53 Å². The van der Waals surface area contributed by atoms with E-state index in [2.05, 4.69) is 86.6 Å². The van der Waals surface area contributed by atoms with Gasteiger partial charge in [0.1, 0.15) is 5.69 Å². The highest BCUT2D eigenvalue weighted by molar-refractivity contribution is 5.98. The van der Waals surface area contributed by atoms with E-state index in [9.17, 15) is 4.79 Å². The Balaban J connectivity index is 1.75. The highest BCUT2D eigenvalue weighted by Gasteiger charge is 2.53. The number of rotatable bonds is 12. The first-order valence-electron chi connectivity index (χ1n) is 15.1. The maximum Gasteiger partial charge on any atom is 0.341 e. The number of benzene rings is 2.